The molecule has 0 aliphatic heterocycles. The third kappa shape index (κ3) is 64.2. The summed E-state index contributed by atoms with van der Waals surface area (Å²) in [6.07, 6.45) is 91.0. The van der Waals surface area contributed by atoms with E-state index < -0.39 is 26.6 Å². The fourth-order valence-electron chi connectivity index (χ4n) is 9.08. The van der Waals surface area contributed by atoms with E-state index in [0.29, 0.717) is 23.9 Å². The van der Waals surface area contributed by atoms with Crippen LogP contribution in [0, 0.1) is 0 Å². The van der Waals surface area contributed by atoms with Crippen LogP contribution in [0.1, 0.15) is 265 Å². The van der Waals surface area contributed by atoms with E-state index in [1.807, 2.05) is 33.3 Å². The van der Waals surface area contributed by atoms with E-state index in [1.54, 1.807) is 0 Å². The molecule has 3 atom stereocenters. The molecule has 9 nitrogen and oxygen atoms in total. The van der Waals surface area contributed by atoms with Crippen LogP contribution in [0.4, 0.5) is 0 Å². The van der Waals surface area contributed by atoms with Crippen molar-refractivity contribution in [3.05, 3.63) is 146 Å². The molecule has 0 aliphatic rings. The standard InChI is InChI=1S/C75H127N2O7P/c1-7-10-13-16-19-22-25-27-29-31-33-35-37-38-40-42-44-46-48-50-53-56-59-62-65-68-75(79)84-73(66-63-60-57-54-51-24-21-18-15-12-9-3)72(71-83-85(80,81)82-70-69-77(4,5)6)76-74(78)67-64-61-58-55-52-49-47-45-43-41-39-36-34-32-30-28-26-23-20-17-14-11-8-2/h10-11,13-14,19-20,22-23,27-30,33-36,38,40-41,43-44,46,63,66,72-73H,7-9,12,15-18,21,24-26,31-32,37,39,42,45,47-62,64-65,67-71H2,1-6H3,(H-,76,78,80,81)/b13-10-,14-11-,22-19-,23-20-,29-27-,30-28-,35-33-,36-34-,40-38-,43-41-,46-44-,66-63+. The van der Waals surface area contributed by atoms with E-state index in [1.165, 1.54) is 64.2 Å². The zero-order valence-electron chi connectivity index (χ0n) is 55.3. The Balaban J connectivity index is 5.16. The van der Waals surface area contributed by atoms with Gasteiger partial charge in [0.15, 0.2) is 0 Å². The molecule has 0 bridgehead atoms. The van der Waals surface area contributed by atoms with Gasteiger partial charge < -0.3 is 28.5 Å². The zero-order chi connectivity index (χ0) is 62.1. The van der Waals surface area contributed by atoms with Crippen LogP contribution >= 0.6 is 7.82 Å². The monoisotopic (exact) mass is 1200 g/mol. The molecule has 0 aromatic heterocycles. The predicted octanol–water partition coefficient (Wildman–Crippen LogP) is 21.1. The second kappa shape index (κ2) is 62.9. The maximum absolute atomic E-state index is 13.6. The van der Waals surface area contributed by atoms with Crippen molar-refractivity contribution in [2.75, 3.05) is 40.9 Å². The number of phosphoric acid groups is 1. The van der Waals surface area contributed by atoms with Crippen LogP contribution in [0.5, 0.6) is 0 Å². The van der Waals surface area contributed by atoms with Crippen molar-refractivity contribution in [2.45, 2.75) is 277 Å². The normalized spacial score (nSPS) is 14.5. The Bertz CT molecular complexity index is 1960. The number of ether oxygens (including phenoxy) is 1. The van der Waals surface area contributed by atoms with E-state index in [4.69, 9.17) is 13.8 Å². The highest BCUT2D eigenvalue weighted by Crippen LogP contribution is 2.38. The third-order valence-electron chi connectivity index (χ3n) is 14.3. The Morgan fingerprint density at radius 1 is 0.424 bits per heavy atom. The van der Waals surface area contributed by atoms with Gasteiger partial charge in [0.25, 0.3) is 7.82 Å². The average Bonchev–Trinajstić information content (AvgIpc) is 3.58. The number of nitrogens with one attached hydrogen (secondary N) is 1. The smallest absolute Gasteiger partial charge is 0.306 e. The molecule has 0 fully saturated rings. The van der Waals surface area contributed by atoms with E-state index in [9.17, 15) is 19.0 Å². The predicted molar refractivity (Wildman–Crippen MR) is 366 cm³/mol. The molecular weight excluding hydrogens is 1070 g/mol. The number of rotatable bonds is 60. The molecule has 0 aliphatic carbocycles. The van der Waals surface area contributed by atoms with E-state index in [0.717, 1.165) is 161 Å². The number of amides is 1. The number of nitrogens with zero attached hydrogens (tertiary/aromatic N) is 1. The van der Waals surface area contributed by atoms with Crippen molar-refractivity contribution in [1.82, 2.24) is 5.32 Å². The van der Waals surface area contributed by atoms with E-state index in [-0.39, 0.29) is 24.9 Å². The summed E-state index contributed by atoms with van der Waals surface area (Å²) in [5.41, 5.74) is 0. The molecule has 0 saturated carbocycles. The van der Waals surface area contributed by atoms with Gasteiger partial charge in [0, 0.05) is 12.8 Å². The van der Waals surface area contributed by atoms with Crippen LogP contribution in [0.15, 0.2) is 146 Å². The van der Waals surface area contributed by atoms with Crippen molar-refractivity contribution in [3.63, 3.8) is 0 Å². The van der Waals surface area contributed by atoms with Crippen molar-refractivity contribution in [2.24, 2.45) is 0 Å². The summed E-state index contributed by atoms with van der Waals surface area (Å²) in [5, 5.41) is 3.02. The lowest BCUT2D eigenvalue weighted by atomic mass is 10.1. The Hall–Kier alpha value is -4.11. The minimum atomic E-state index is -4.72. The van der Waals surface area contributed by atoms with Gasteiger partial charge in [0.1, 0.15) is 19.3 Å². The van der Waals surface area contributed by atoms with Gasteiger partial charge in [-0.1, -0.05) is 270 Å². The minimum Gasteiger partial charge on any atom is -0.756 e. The van der Waals surface area contributed by atoms with Gasteiger partial charge in [0.2, 0.25) is 5.91 Å². The second-order valence-corrected chi connectivity index (χ2v) is 25.0. The molecule has 0 radical (unpaired) electrons. The number of unbranched alkanes of at least 4 members (excludes halogenated alkanes) is 22. The molecule has 3 unspecified atom stereocenters. The molecule has 0 heterocycles. The maximum Gasteiger partial charge on any atom is 0.306 e. The Morgan fingerprint density at radius 2 is 0.753 bits per heavy atom. The summed E-state index contributed by atoms with van der Waals surface area (Å²) >= 11 is 0. The lowest BCUT2D eigenvalue weighted by molar-refractivity contribution is -0.870. The van der Waals surface area contributed by atoms with Crippen LogP contribution in [0.3, 0.4) is 0 Å². The van der Waals surface area contributed by atoms with Crippen molar-refractivity contribution >= 4 is 19.7 Å². The molecule has 1 amide bonds. The summed E-state index contributed by atoms with van der Waals surface area (Å²) in [6, 6.07) is -0.913. The lowest BCUT2D eigenvalue weighted by Gasteiger charge is -2.30. The third-order valence-corrected chi connectivity index (χ3v) is 15.2. The average molecular weight is 1200 g/mol. The van der Waals surface area contributed by atoms with Gasteiger partial charge in [0.05, 0.1) is 33.8 Å². The molecule has 0 saturated heterocycles. The largest absolute Gasteiger partial charge is 0.756 e. The summed E-state index contributed by atoms with van der Waals surface area (Å²) in [4.78, 5) is 40.1. The number of likely N-dealkylation sites (N-methyl/N-ethyl adjacent to an activating group) is 1. The maximum atomic E-state index is 13.6. The Labute approximate surface area is 523 Å². The van der Waals surface area contributed by atoms with Crippen molar-refractivity contribution < 1.29 is 37.3 Å². The van der Waals surface area contributed by atoms with E-state index in [2.05, 4.69) is 160 Å². The van der Waals surface area contributed by atoms with Gasteiger partial charge in [-0.05, 0) is 128 Å². The highest BCUT2D eigenvalue weighted by Gasteiger charge is 2.27. The van der Waals surface area contributed by atoms with Gasteiger partial charge in [-0.3, -0.25) is 14.2 Å². The van der Waals surface area contributed by atoms with Gasteiger partial charge in [-0.2, -0.15) is 0 Å². The van der Waals surface area contributed by atoms with Crippen LogP contribution in [0.25, 0.3) is 0 Å². The number of hydrogen-bond acceptors (Lipinski definition) is 7. The number of carbonyl (C=O) groups is 2. The molecule has 0 aromatic carbocycles. The highest BCUT2D eigenvalue weighted by atomic mass is 31.2. The highest BCUT2D eigenvalue weighted by molar-refractivity contribution is 7.45. The number of phosphoric ester groups is 1. The summed E-state index contributed by atoms with van der Waals surface area (Å²) < 4.78 is 30.4. The SMILES string of the molecule is CC/C=C\C/C=C\C/C=C\C/C=C\C/C=C\C/C=C\CCCCCCCCC(=O)OC(/C=C/CCCCCCCCCCC)C(COP(=O)([O-])OCC[N+](C)(C)C)NC(=O)CCCCCCCCC/C=C\C/C=C\C/C=C\C/C=C\C/C=C\CC. The number of esters is 1. The molecule has 484 valence electrons. The van der Waals surface area contributed by atoms with Crippen molar-refractivity contribution in [1.29, 1.82) is 0 Å². The fraction of sp³-hybridized carbons (Fsp3) is 0.653. The molecule has 0 aromatic rings. The van der Waals surface area contributed by atoms with Crippen LogP contribution in [-0.2, 0) is 27.9 Å². The number of carbonyl (C=O) groups excluding carboxylic acids is 2. The summed E-state index contributed by atoms with van der Waals surface area (Å²) in [6.45, 7) is 6.58. The van der Waals surface area contributed by atoms with Gasteiger partial charge in [-0.25, -0.2) is 0 Å². The van der Waals surface area contributed by atoms with Crippen LogP contribution in [0.2, 0.25) is 0 Å². The van der Waals surface area contributed by atoms with Crippen LogP contribution in [-0.4, -0.2) is 69.4 Å². The lowest BCUT2D eigenvalue weighted by Crippen LogP contribution is -2.47. The van der Waals surface area contributed by atoms with Crippen molar-refractivity contribution in [3.8, 4) is 0 Å². The molecule has 1 N–H and O–H groups in total. The molecule has 0 spiro atoms. The quantitative estimate of drug-likeness (QED) is 0.0212. The Kier molecular flexibility index (Phi) is 59.9. The first kappa shape index (κ1) is 80.9. The fourth-order valence-corrected chi connectivity index (χ4v) is 9.80. The topological polar surface area (TPSA) is 114 Å². The van der Waals surface area contributed by atoms with Gasteiger partial charge in [-0.15, -0.1) is 0 Å². The molecular formula is C75H127N2O7P. The Morgan fingerprint density at radius 3 is 1.13 bits per heavy atom. The number of allylic oxidation sites excluding steroid dienone is 23. The summed E-state index contributed by atoms with van der Waals surface area (Å²) in [7, 11) is 1.15. The van der Waals surface area contributed by atoms with E-state index >= 15 is 0 Å². The van der Waals surface area contributed by atoms with Gasteiger partial charge >= 0.3 is 5.97 Å². The molecule has 10 heteroatoms. The first-order valence-electron chi connectivity index (χ1n) is 34.1. The number of quaternary nitrogens is 1. The number of hydrogen-bond donors (Lipinski definition) is 1. The molecule has 85 heavy (non-hydrogen) atoms. The minimum absolute atomic E-state index is 0.0356. The first-order chi connectivity index (χ1) is 41.4. The zero-order valence-corrected chi connectivity index (χ0v) is 56.1. The van der Waals surface area contributed by atoms with Crippen LogP contribution < -0.4 is 10.2 Å². The second-order valence-electron chi connectivity index (χ2n) is 23.6. The summed E-state index contributed by atoms with van der Waals surface area (Å²) in [5.74, 6) is -0.580. The molecule has 0 rings (SSSR count). The first-order valence-corrected chi connectivity index (χ1v) is 35.6.